The molecule has 0 radical (unpaired) electrons. The Bertz CT molecular complexity index is 750. The lowest BCUT2D eigenvalue weighted by atomic mass is 10.1. The van der Waals surface area contributed by atoms with E-state index in [9.17, 15) is 9.59 Å². The number of hydrogen-bond acceptors (Lipinski definition) is 3. The Kier molecular flexibility index (Phi) is 5.16. The summed E-state index contributed by atoms with van der Waals surface area (Å²) in [6.45, 7) is 7.35. The largest absolute Gasteiger partial charge is 0.452 e. The number of benzene rings is 2. The highest BCUT2D eigenvalue weighted by molar-refractivity contribution is 5.96. The highest BCUT2D eigenvalue weighted by Gasteiger charge is 2.13. The maximum atomic E-state index is 12.1. The van der Waals surface area contributed by atoms with Crippen molar-refractivity contribution in [1.82, 2.24) is 0 Å². The molecule has 0 heterocycles. The van der Waals surface area contributed by atoms with Crippen molar-refractivity contribution in [2.45, 2.75) is 27.7 Å². The standard InChI is InChI=1S/C19H21NO3/c1-12-8-9-14(3)16(10-12)19(22)23-11-18(21)20-17-7-5-6-13(2)15(17)4/h5-10H,11H2,1-4H3,(H,20,21). The van der Waals surface area contributed by atoms with Crippen LogP contribution in [0.15, 0.2) is 36.4 Å². The average Bonchev–Trinajstić information content (AvgIpc) is 2.52. The lowest BCUT2D eigenvalue weighted by molar-refractivity contribution is -0.119. The monoisotopic (exact) mass is 311 g/mol. The van der Waals surface area contributed by atoms with Gasteiger partial charge in [0.25, 0.3) is 5.91 Å². The molecule has 0 atom stereocenters. The van der Waals surface area contributed by atoms with Crippen molar-refractivity contribution in [3.05, 3.63) is 64.2 Å². The quantitative estimate of drug-likeness (QED) is 0.876. The Morgan fingerprint density at radius 3 is 2.48 bits per heavy atom. The van der Waals surface area contributed by atoms with Gasteiger partial charge in [-0.1, -0.05) is 29.8 Å². The molecule has 4 heteroatoms. The number of aryl methyl sites for hydroxylation is 3. The predicted octanol–water partition coefficient (Wildman–Crippen LogP) is 3.72. The zero-order valence-electron chi connectivity index (χ0n) is 13.9. The first-order valence-corrected chi connectivity index (χ1v) is 7.49. The fraction of sp³-hybridized carbons (Fsp3) is 0.263. The minimum atomic E-state index is -0.484. The van der Waals surface area contributed by atoms with E-state index in [0.717, 1.165) is 27.9 Å². The number of ether oxygens (including phenoxy) is 1. The van der Waals surface area contributed by atoms with Gasteiger partial charge in [0, 0.05) is 5.69 Å². The number of anilines is 1. The fourth-order valence-electron chi connectivity index (χ4n) is 2.24. The summed E-state index contributed by atoms with van der Waals surface area (Å²) in [5.41, 5.74) is 5.12. The van der Waals surface area contributed by atoms with Crippen molar-refractivity contribution < 1.29 is 14.3 Å². The molecule has 2 aromatic rings. The van der Waals surface area contributed by atoms with Crippen LogP contribution >= 0.6 is 0 Å². The summed E-state index contributed by atoms with van der Waals surface area (Å²) in [6, 6.07) is 11.2. The van der Waals surface area contributed by atoms with Crippen LogP contribution in [-0.2, 0) is 9.53 Å². The first-order valence-electron chi connectivity index (χ1n) is 7.49. The van der Waals surface area contributed by atoms with Crippen LogP contribution in [0.25, 0.3) is 0 Å². The molecule has 0 spiro atoms. The van der Waals surface area contributed by atoms with E-state index in [1.165, 1.54) is 0 Å². The first kappa shape index (κ1) is 16.7. The van der Waals surface area contributed by atoms with Crippen molar-refractivity contribution in [2.75, 3.05) is 11.9 Å². The van der Waals surface area contributed by atoms with Gasteiger partial charge in [0.05, 0.1) is 5.56 Å². The number of amides is 1. The molecule has 0 aliphatic carbocycles. The first-order chi connectivity index (χ1) is 10.9. The molecule has 0 aliphatic rings. The molecule has 2 aromatic carbocycles. The topological polar surface area (TPSA) is 55.4 Å². The summed E-state index contributed by atoms with van der Waals surface area (Å²) in [4.78, 5) is 24.1. The van der Waals surface area contributed by atoms with E-state index in [2.05, 4.69) is 5.32 Å². The Balaban J connectivity index is 1.98. The zero-order valence-corrected chi connectivity index (χ0v) is 13.9. The van der Waals surface area contributed by atoms with Gasteiger partial charge in [-0.15, -0.1) is 0 Å². The molecule has 0 fully saturated rings. The molecule has 120 valence electrons. The molecule has 0 saturated heterocycles. The Labute approximate surface area is 136 Å². The van der Waals surface area contributed by atoms with E-state index in [1.807, 2.05) is 58.0 Å². The van der Waals surface area contributed by atoms with Crippen molar-refractivity contribution in [3.8, 4) is 0 Å². The van der Waals surface area contributed by atoms with Crippen LogP contribution in [0.3, 0.4) is 0 Å². The predicted molar refractivity (Wildman–Crippen MR) is 90.7 cm³/mol. The molecule has 1 amide bonds. The van der Waals surface area contributed by atoms with Gasteiger partial charge in [0.15, 0.2) is 6.61 Å². The molecule has 0 saturated carbocycles. The normalized spacial score (nSPS) is 10.3. The number of rotatable bonds is 4. The van der Waals surface area contributed by atoms with Crippen LogP contribution in [-0.4, -0.2) is 18.5 Å². The third kappa shape index (κ3) is 4.19. The summed E-state index contributed by atoms with van der Waals surface area (Å²) < 4.78 is 5.12. The SMILES string of the molecule is Cc1ccc(C)c(C(=O)OCC(=O)Nc2cccc(C)c2C)c1. The van der Waals surface area contributed by atoms with Gasteiger partial charge in [-0.25, -0.2) is 4.79 Å². The van der Waals surface area contributed by atoms with Crippen LogP contribution in [0.1, 0.15) is 32.6 Å². The number of esters is 1. The van der Waals surface area contributed by atoms with E-state index >= 15 is 0 Å². The Morgan fingerprint density at radius 1 is 1.00 bits per heavy atom. The van der Waals surface area contributed by atoms with Gasteiger partial charge in [-0.3, -0.25) is 4.79 Å². The van der Waals surface area contributed by atoms with Gasteiger partial charge in [-0.05, 0) is 56.5 Å². The maximum Gasteiger partial charge on any atom is 0.338 e. The lowest BCUT2D eigenvalue weighted by Crippen LogP contribution is -2.21. The number of nitrogens with one attached hydrogen (secondary N) is 1. The second-order valence-electron chi connectivity index (χ2n) is 5.69. The summed E-state index contributed by atoms with van der Waals surface area (Å²) in [7, 11) is 0. The van der Waals surface area contributed by atoms with Gasteiger partial charge in [0.2, 0.25) is 0 Å². The maximum absolute atomic E-state index is 12.1. The van der Waals surface area contributed by atoms with Gasteiger partial charge in [-0.2, -0.15) is 0 Å². The summed E-state index contributed by atoms with van der Waals surface area (Å²) in [5, 5.41) is 2.77. The number of carbonyl (C=O) groups is 2. The van der Waals surface area contributed by atoms with Gasteiger partial charge >= 0.3 is 5.97 Å². The number of carbonyl (C=O) groups excluding carboxylic acids is 2. The molecule has 23 heavy (non-hydrogen) atoms. The minimum Gasteiger partial charge on any atom is -0.452 e. The summed E-state index contributed by atoms with van der Waals surface area (Å²) in [5.74, 6) is -0.834. The zero-order chi connectivity index (χ0) is 17.0. The van der Waals surface area contributed by atoms with E-state index in [-0.39, 0.29) is 12.5 Å². The van der Waals surface area contributed by atoms with E-state index < -0.39 is 5.97 Å². The second-order valence-corrected chi connectivity index (χ2v) is 5.69. The third-order valence-corrected chi connectivity index (χ3v) is 3.83. The van der Waals surface area contributed by atoms with Crippen molar-refractivity contribution in [1.29, 1.82) is 0 Å². The molecule has 1 N–H and O–H groups in total. The van der Waals surface area contributed by atoms with Gasteiger partial charge in [0.1, 0.15) is 0 Å². The highest BCUT2D eigenvalue weighted by Crippen LogP contribution is 2.18. The minimum absolute atomic E-state index is 0.306. The molecular weight excluding hydrogens is 290 g/mol. The molecular formula is C19H21NO3. The van der Waals surface area contributed by atoms with Crippen LogP contribution in [0.5, 0.6) is 0 Å². The summed E-state index contributed by atoms with van der Waals surface area (Å²) in [6.07, 6.45) is 0. The fourth-order valence-corrected chi connectivity index (χ4v) is 2.24. The molecule has 0 bridgehead atoms. The summed E-state index contributed by atoms with van der Waals surface area (Å²) >= 11 is 0. The average molecular weight is 311 g/mol. The molecule has 4 nitrogen and oxygen atoms in total. The third-order valence-electron chi connectivity index (χ3n) is 3.83. The second kappa shape index (κ2) is 7.09. The van der Waals surface area contributed by atoms with Crippen molar-refractivity contribution in [3.63, 3.8) is 0 Å². The van der Waals surface area contributed by atoms with Crippen LogP contribution in [0.4, 0.5) is 5.69 Å². The lowest BCUT2D eigenvalue weighted by Gasteiger charge is -2.11. The van der Waals surface area contributed by atoms with Crippen LogP contribution in [0, 0.1) is 27.7 Å². The Hall–Kier alpha value is -2.62. The van der Waals surface area contributed by atoms with Crippen molar-refractivity contribution >= 4 is 17.6 Å². The van der Waals surface area contributed by atoms with Crippen LogP contribution in [0.2, 0.25) is 0 Å². The molecule has 0 unspecified atom stereocenters. The molecule has 0 aliphatic heterocycles. The van der Waals surface area contributed by atoms with E-state index in [1.54, 1.807) is 6.07 Å². The van der Waals surface area contributed by atoms with E-state index in [4.69, 9.17) is 4.74 Å². The van der Waals surface area contributed by atoms with Gasteiger partial charge < -0.3 is 10.1 Å². The van der Waals surface area contributed by atoms with E-state index in [0.29, 0.717) is 5.56 Å². The van der Waals surface area contributed by atoms with Crippen LogP contribution < -0.4 is 5.32 Å². The molecule has 2 rings (SSSR count). The highest BCUT2D eigenvalue weighted by atomic mass is 16.5. The number of hydrogen-bond donors (Lipinski definition) is 1. The Morgan fingerprint density at radius 2 is 1.74 bits per heavy atom. The smallest absolute Gasteiger partial charge is 0.338 e. The van der Waals surface area contributed by atoms with Crippen molar-refractivity contribution in [2.24, 2.45) is 0 Å². The molecule has 0 aromatic heterocycles.